The Bertz CT molecular complexity index is 1140. The molecule has 180 valence electrons. The van der Waals surface area contributed by atoms with Crippen LogP contribution in [-0.2, 0) is 25.5 Å². The predicted octanol–water partition coefficient (Wildman–Crippen LogP) is 3.80. The first kappa shape index (κ1) is 23.9. The van der Waals surface area contributed by atoms with Crippen molar-refractivity contribution in [3.05, 3.63) is 52.8 Å². The van der Waals surface area contributed by atoms with Gasteiger partial charge < -0.3 is 14.2 Å². The summed E-state index contributed by atoms with van der Waals surface area (Å²) in [5.74, 6) is -2.12. The van der Waals surface area contributed by atoms with Crippen molar-refractivity contribution in [3.8, 4) is 11.5 Å². The van der Waals surface area contributed by atoms with E-state index < -0.39 is 35.8 Å². The van der Waals surface area contributed by atoms with Gasteiger partial charge in [-0.25, -0.2) is 9.78 Å². The van der Waals surface area contributed by atoms with Gasteiger partial charge in [-0.2, -0.15) is 4.39 Å². The van der Waals surface area contributed by atoms with E-state index in [0.29, 0.717) is 5.56 Å². The summed E-state index contributed by atoms with van der Waals surface area (Å²) in [5.41, 5.74) is 1.44. The third kappa shape index (κ3) is 4.70. The number of esters is 1. The summed E-state index contributed by atoms with van der Waals surface area (Å²) < 4.78 is 29.3. The number of imide groups is 1. The van der Waals surface area contributed by atoms with Crippen molar-refractivity contribution in [2.75, 3.05) is 6.61 Å². The zero-order valence-corrected chi connectivity index (χ0v) is 19.7. The topological polar surface area (TPSA) is 95.0 Å². The Morgan fingerprint density at radius 2 is 2.00 bits per heavy atom. The minimum absolute atomic E-state index is 0.0397. The van der Waals surface area contributed by atoms with E-state index in [9.17, 15) is 18.8 Å². The van der Waals surface area contributed by atoms with Crippen LogP contribution in [0, 0.1) is 5.92 Å². The number of benzene rings is 1. The minimum Gasteiger partial charge on any atom is -0.464 e. The number of aromatic nitrogens is 1. The van der Waals surface area contributed by atoms with Crippen LogP contribution in [0.5, 0.6) is 11.5 Å². The Kier molecular flexibility index (Phi) is 6.49. The van der Waals surface area contributed by atoms with Gasteiger partial charge in [-0.3, -0.25) is 14.5 Å². The first-order valence-electron chi connectivity index (χ1n) is 10.9. The number of pyridine rings is 1. The number of carbonyl (C=O) groups excluding carboxylic acids is 3. The van der Waals surface area contributed by atoms with Gasteiger partial charge in [0.2, 0.25) is 11.8 Å². The molecule has 2 aliphatic rings. The number of rotatable bonds is 7. The molecule has 34 heavy (non-hydrogen) atoms. The summed E-state index contributed by atoms with van der Waals surface area (Å²) in [6.07, 6.45) is 1.71. The van der Waals surface area contributed by atoms with Crippen molar-refractivity contribution in [3.63, 3.8) is 0 Å². The van der Waals surface area contributed by atoms with Crippen molar-refractivity contribution in [2.24, 2.45) is 5.92 Å². The first-order valence-corrected chi connectivity index (χ1v) is 11.3. The summed E-state index contributed by atoms with van der Waals surface area (Å²) in [6.45, 7) is 4.73. The lowest BCUT2D eigenvalue weighted by atomic mass is 9.81. The van der Waals surface area contributed by atoms with Crippen LogP contribution in [0.25, 0.3) is 0 Å². The fraction of sp³-hybridized carbons (Fsp3) is 0.417. The van der Waals surface area contributed by atoms with Crippen molar-refractivity contribution >= 4 is 29.4 Å². The highest BCUT2D eigenvalue weighted by atomic mass is 35.5. The van der Waals surface area contributed by atoms with E-state index in [1.165, 1.54) is 6.20 Å². The van der Waals surface area contributed by atoms with Crippen molar-refractivity contribution < 1.29 is 33.0 Å². The largest absolute Gasteiger partial charge is 0.464 e. The summed E-state index contributed by atoms with van der Waals surface area (Å²) in [7, 11) is 0. The highest BCUT2D eigenvalue weighted by Gasteiger charge is 2.55. The van der Waals surface area contributed by atoms with Crippen molar-refractivity contribution in [2.45, 2.75) is 51.6 Å². The maximum absolute atomic E-state index is 13.9. The van der Waals surface area contributed by atoms with Crippen LogP contribution in [0.3, 0.4) is 0 Å². The molecule has 10 heteroatoms. The molecule has 2 aliphatic heterocycles. The number of fused-ring (bicyclic) bond motifs is 1. The number of hydrogen-bond acceptors (Lipinski definition) is 7. The van der Waals surface area contributed by atoms with Crippen LogP contribution in [0.4, 0.5) is 4.39 Å². The van der Waals surface area contributed by atoms with E-state index >= 15 is 0 Å². The molecule has 0 aliphatic carbocycles. The molecule has 8 nitrogen and oxygen atoms in total. The third-order valence-electron chi connectivity index (χ3n) is 5.86. The molecule has 3 heterocycles. The SMILES string of the molecule is CCOC(=O)[C@@H]1[C@@H](Cc2ccnc(Cl)c2)C(=O)N1C(=O)C[C@H](C)c1ccc2c(c1)OC(C)(F)O2. The van der Waals surface area contributed by atoms with Crippen molar-refractivity contribution in [1.29, 1.82) is 0 Å². The third-order valence-corrected chi connectivity index (χ3v) is 6.07. The Hall–Kier alpha value is -3.20. The molecule has 0 saturated carbocycles. The monoisotopic (exact) mass is 490 g/mol. The first-order chi connectivity index (χ1) is 16.1. The molecule has 0 bridgehead atoms. The van der Waals surface area contributed by atoms with Gasteiger partial charge in [0.1, 0.15) is 11.2 Å². The van der Waals surface area contributed by atoms with Crippen LogP contribution in [0.2, 0.25) is 5.15 Å². The number of alkyl halides is 1. The lowest BCUT2D eigenvalue weighted by Crippen LogP contribution is -2.67. The number of amides is 2. The van der Waals surface area contributed by atoms with Gasteiger partial charge in [-0.15, -0.1) is 0 Å². The van der Waals surface area contributed by atoms with E-state index in [1.54, 1.807) is 44.2 Å². The van der Waals surface area contributed by atoms with Gasteiger partial charge >= 0.3 is 12.0 Å². The molecule has 0 spiro atoms. The van der Waals surface area contributed by atoms with Gasteiger partial charge in [0.05, 0.1) is 12.5 Å². The summed E-state index contributed by atoms with van der Waals surface area (Å²) in [6, 6.07) is 4.95. The van der Waals surface area contributed by atoms with E-state index in [-0.39, 0.29) is 42.0 Å². The number of ether oxygens (including phenoxy) is 3. The minimum atomic E-state index is -2.25. The predicted molar refractivity (Wildman–Crippen MR) is 119 cm³/mol. The highest BCUT2D eigenvalue weighted by Crippen LogP contribution is 2.42. The maximum Gasteiger partial charge on any atom is 0.404 e. The van der Waals surface area contributed by atoms with Gasteiger partial charge in [0.25, 0.3) is 0 Å². The fourth-order valence-corrected chi connectivity index (χ4v) is 4.43. The normalized spacial score (nSPS) is 23.9. The van der Waals surface area contributed by atoms with Crippen LogP contribution >= 0.6 is 11.6 Å². The van der Waals surface area contributed by atoms with Crippen LogP contribution in [0.1, 0.15) is 44.2 Å². The standard InChI is InChI=1S/C24H24ClFN2O6/c1-4-32-23(31)21-16(10-14-7-8-27-19(25)11-14)22(30)28(21)20(29)9-13(2)15-5-6-17-18(12-15)34-24(3,26)33-17/h5-8,11-13,16,21H,4,9-10H2,1-3H3/t13-,16+,21-,24?/m0/s1. The van der Waals surface area contributed by atoms with E-state index in [2.05, 4.69) is 4.98 Å². The van der Waals surface area contributed by atoms with E-state index in [1.807, 2.05) is 0 Å². The lowest BCUT2D eigenvalue weighted by Gasteiger charge is -2.44. The number of β-lactam (4-membered cyclic amide) rings is 1. The molecule has 1 fully saturated rings. The molecule has 2 aromatic rings. The van der Waals surface area contributed by atoms with Crippen LogP contribution in [-0.4, -0.2) is 46.4 Å². The Labute approximate surface area is 200 Å². The molecule has 1 aromatic heterocycles. The van der Waals surface area contributed by atoms with Gasteiger partial charge in [-0.05, 0) is 54.7 Å². The van der Waals surface area contributed by atoms with Gasteiger partial charge in [0.15, 0.2) is 11.5 Å². The highest BCUT2D eigenvalue weighted by molar-refractivity contribution is 6.29. The van der Waals surface area contributed by atoms with Crippen LogP contribution < -0.4 is 9.47 Å². The molecule has 4 rings (SSSR count). The average molecular weight is 491 g/mol. The number of likely N-dealkylation sites (tertiary alicyclic amines) is 1. The Morgan fingerprint density at radius 3 is 2.71 bits per heavy atom. The molecular weight excluding hydrogens is 467 g/mol. The second kappa shape index (κ2) is 9.21. The molecule has 0 N–H and O–H groups in total. The van der Waals surface area contributed by atoms with E-state index in [0.717, 1.165) is 17.4 Å². The fourth-order valence-electron chi connectivity index (χ4n) is 4.23. The summed E-state index contributed by atoms with van der Waals surface area (Å²) in [4.78, 5) is 43.5. The maximum atomic E-state index is 13.9. The second-order valence-electron chi connectivity index (χ2n) is 8.45. The smallest absolute Gasteiger partial charge is 0.404 e. The molecule has 1 aromatic carbocycles. The van der Waals surface area contributed by atoms with Gasteiger partial charge in [-0.1, -0.05) is 24.6 Å². The van der Waals surface area contributed by atoms with Crippen LogP contribution in [0.15, 0.2) is 36.5 Å². The number of nitrogens with zero attached hydrogens (tertiary/aromatic N) is 2. The quantitative estimate of drug-likeness (QED) is 0.331. The molecule has 1 saturated heterocycles. The molecular formula is C24H24ClFN2O6. The number of hydrogen-bond donors (Lipinski definition) is 0. The van der Waals surface area contributed by atoms with Crippen molar-refractivity contribution in [1.82, 2.24) is 9.88 Å². The lowest BCUT2D eigenvalue weighted by molar-refractivity contribution is -0.179. The summed E-state index contributed by atoms with van der Waals surface area (Å²) in [5, 5.41) is 0.274. The zero-order chi connectivity index (χ0) is 24.6. The molecule has 2 amide bonds. The molecule has 4 atom stereocenters. The molecule has 0 radical (unpaired) electrons. The molecule has 1 unspecified atom stereocenters. The number of carbonyl (C=O) groups is 3. The average Bonchev–Trinajstić information content (AvgIpc) is 3.08. The Morgan fingerprint density at radius 1 is 1.26 bits per heavy atom. The number of halogens is 2. The van der Waals surface area contributed by atoms with Gasteiger partial charge in [0, 0.05) is 19.5 Å². The Balaban J connectivity index is 1.48. The summed E-state index contributed by atoms with van der Waals surface area (Å²) >= 11 is 5.93. The second-order valence-corrected chi connectivity index (χ2v) is 8.83. The van der Waals surface area contributed by atoms with E-state index in [4.69, 9.17) is 25.8 Å². The zero-order valence-electron chi connectivity index (χ0n) is 18.9.